The fraction of sp³-hybridized carbons (Fsp3) is 0.551. The molecule has 0 saturated carbocycles. The normalized spacial score (nSPS) is 20.4. The number of carbonyl (C=O) groups excluding carboxylic acids is 4. The van der Waals surface area contributed by atoms with E-state index >= 15 is 0 Å². The number of benzene rings is 2. The van der Waals surface area contributed by atoms with E-state index in [0.717, 1.165) is 60.8 Å². The third kappa shape index (κ3) is 8.77. The van der Waals surface area contributed by atoms with Gasteiger partial charge in [-0.15, -0.1) is 0 Å². The van der Waals surface area contributed by atoms with Crippen LogP contribution in [0.25, 0.3) is 0 Å². The number of likely N-dealkylation sites (tertiary alicyclic amines) is 2. The number of piperidine rings is 2. The number of carbonyl (C=O) groups is 4. The van der Waals surface area contributed by atoms with Crippen LogP contribution in [0.4, 0.5) is 9.59 Å². The summed E-state index contributed by atoms with van der Waals surface area (Å²) in [7, 11) is 0. The highest BCUT2D eigenvalue weighted by Gasteiger charge is 2.56. The van der Waals surface area contributed by atoms with E-state index in [9.17, 15) is 19.2 Å². The lowest BCUT2D eigenvalue weighted by molar-refractivity contribution is -0.00430. The Morgan fingerprint density at radius 1 is 0.656 bits per heavy atom. The van der Waals surface area contributed by atoms with E-state index in [1.54, 1.807) is 9.80 Å². The minimum absolute atomic E-state index is 0.0872. The number of hydrogen-bond acceptors (Lipinski definition) is 8. The van der Waals surface area contributed by atoms with Crippen molar-refractivity contribution in [1.29, 1.82) is 0 Å². The Kier molecular flexibility index (Phi) is 11.9. The van der Waals surface area contributed by atoms with Crippen molar-refractivity contribution in [3.8, 4) is 0 Å². The van der Waals surface area contributed by atoms with E-state index in [-0.39, 0.29) is 64.8 Å². The molecule has 4 aromatic rings. The maximum Gasteiger partial charge on any atom is 0.410 e. The summed E-state index contributed by atoms with van der Waals surface area (Å²) in [6.07, 6.45) is 8.39. The Labute approximate surface area is 361 Å². The highest BCUT2D eigenvalue weighted by Crippen LogP contribution is 2.54. The highest BCUT2D eigenvalue weighted by atomic mass is 16.6. The quantitative estimate of drug-likeness (QED) is 0.199. The molecule has 2 aromatic heterocycles. The Balaban J connectivity index is 0.000000184. The van der Waals surface area contributed by atoms with Gasteiger partial charge in [0.2, 0.25) is 0 Å². The van der Waals surface area contributed by atoms with Gasteiger partial charge in [0.25, 0.3) is 0 Å². The zero-order valence-electron chi connectivity index (χ0n) is 37.6. The molecule has 2 saturated heterocycles. The molecular weight excluding hydrogens is 769 g/mol. The number of ether oxygens (including phenoxy) is 2. The third-order valence-corrected chi connectivity index (χ3v) is 14.1. The van der Waals surface area contributed by atoms with Crippen LogP contribution < -0.4 is 0 Å². The standard InChI is InChI=1S/C25H33N3O3.C24H31N3O3/c1-23(2,3)28-16-19-15-25(24(4,5)21(29)20(19)26-28)11-13-27(14-12-25)22(30)31-17-18-9-7-6-8-10-18;1-17-21(28)20-19(15-27(25-20)23(2,3)4)14-24(17)10-12-26(13-11-24)22(29)30-16-18-8-6-5-7-9-18/h6-10,16H,11-15,17H2,1-5H3;5-9,15,17H,10-14,16H2,1-4H3. The number of aromatic nitrogens is 4. The van der Waals surface area contributed by atoms with Crippen LogP contribution in [0.3, 0.4) is 0 Å². The molecule has 2 aliphatic carbocycles. The van der Waals surface area contributed by atoms with Crippen LogP contribution >= 0.6 is 0 Å². The average molecular weight is 833 g/mol. The summed E-state index contributed by atoms with van der Waals surface area (Å²) in [4.78, 5) is 55.3. The van der Waals surface area contributed by atoms with Crippen LogP contribution in [0.2, 0.25) is 0 Å². The second-order valence-corrected chi connectivity index (χ2v) is 20.3. The molecule has 0 radical (unpaired) electrons. The Hall–Kier alpha value is -5.26. The van der Waals surface area contributed by atoms with Crippen molar-refractivity contribution in [1.82, 2.24) is 29.4 Å². The summed E-state index contributed by atoms with van der Waals surface area (Å²) < 4.78 is 14.8. The van der Waals surface area contributed by atoms with Crippen molar-refractivity contribution in [2.75, 3.05) is 26.2 Å². The monoisotopic (exact) mass is 832 g/mol. The van der Waals surface area contributed by atoms with Crippen LogP contribution in [-0.2, 0) is 46.6 Å². The Morgan fingerprint density at radius 2 is 1.08 bits per heavy atom. The number of rotatable bonds is 4. The molecular formula is C49H64N6O6. The Morgan fingerprint density at radius 3 is 1.54 bits per heavy atom. The number of amides is 2. The van der Waals surface area contributed by atoms with E-state index < -0.39 is 5.41 Å². The zero-order valence-corrected chi connectivity index (χ0v) is 37.6. The molecule has 12 nitrogen and oxygen atoms in total. The van der Waals surface area contributed by atoms with Gasteiger partial charge in [-0.25, -0.2) is 9.59 Å². The van der Waals surface area contributed by atoms with Gasteiger partial charge in [0.15, 0.2) is 11.6 Å². The molecule has 2 aliphatic heterocycles. The topological polar surface area (TPSA) is 129 Å². The predicted molar refractivity (Wildman–Crippen MR) is 233 cm³/mol. The molecule has 1 atom stereocenters. The molecule has 2 spiro atoms. The maximum atomic E-state index is 13.4. The Bertz CT molecular complexity index is 2230. The highest BCUT2D eigenvalue weighted by molar-refractivity contribution is 6.01. The molecule has 2 amide bonds. The first-order valence-corrected chi connectivity index (χ1v) is 21.9. The smallest absolute Gasteiger partial charge is 0.410 e. The van der Waals surface area contributed by atoms with Crippen molar-refractivity contribution in [3.05, 3.63) is 107 Å². The number of nitrogens with zero attached hydrogens (tertiary/aromatic N) is 6. The van der Waals surface area contributed by atoms with Gasteiger partial charge >= 0.3 is 12.2 Å². The van der Waals surface area contributed by atoms with Gasteiger partial charge < -0.3 is 19.3 Å². The first-order chi connectivity index (χ1) is 28.7. The summed E-state index contributed by atoms with van der Waals surface area (Å²) >= 11 is 0. The summed E-state index contributed by atoms with van der Waals surface area (Å²) in [5, 5.41) is 9.27. The molecule has 4 heterocycles. The molecule has 1 unspecified atom stereocenters. The van der Waals surface area contributed by atoms with Crippen molar-refractivity contribution in [2.24, 2.45) is 22.2 Å². The van der Waals surface area contributed by atoms with E-state index in [1.165, 1.54) is 0 Å². The third-order valence-electron chi connectivity index (χ3n) is 14.1. The number of ketones is 2. The molecule has 0 bridgehead atoms. The summed E-state index contributed by atoms with van der Waals surface area (Å²) in [5.74, 6) is 0.173. The van der Waals surface area contributed by atoms with Crippen LogP contribution in [0.15, 0.2) is 73.1 Å². The van der Waals surface area contributed by atoms with Crippen LogP contribution in [0, 0.1) is 22.2 Å². The summed E-state index contributed by atoms with van der Waals surface area (Å²) in [6, 6.07) is 19.4. The van der Waals surface area contributed by atoms with Crippen molar-refractivity contribution < 1.29 is 28.7 Å². The minimum Gasteiger partial charge on any atom is -0.445 e. The van der Waals surface area contributed by atoms with Gasteiger partial charge in [-0.3, -0.25) is 19.0 Å². The van der Waals surface area contributed by atoms with Gasteiger partial charge in [0.05, 0.1) is 11.1 Å². The second kappa shape index (κ2) is 16.5. The molecule has 12 heteroatoms. The molecule has 326 valence electrons. The fourth-order valence-electron chi connectivity index (χ4n) is 9.59. The summed E-state index contributed by atoms with van der Waals surface area (Å²) in [6.45, 7) is 21.7. The number of hydrogen-bond donors (Lipinski definition) is 0. The average Bonchev–Trinajstić information content (AvgIpc) is 3.87. The van der Waals surface area contributed by atoms with Gasteiger partial charge in [0.1, 0.15) is 24.6 Å². The van der Waals surface area contributed by atoms with Crippen molar-refractivity contribution >= 4 is 23.8 Å². The van der Waals surface area contributed by atoms with Gasteiger partial charge in [-0.05, 0) is 102 Å². The lowest BCUT2D eigenvalue weighted by Gasteiger charge is -2.52. The van der Waals surface area contributed by atoms with E-state index in [0.29, 0.717) is 37.6 Å². The SMILES string of the molecule is CC(C)(C)n1cc2c(n1)C(=O)C(C)(C)C1(CCN(C(=O)OCc3ccccc3)CC1)C2.CC1C(=O)c2nn(C(C)(C)C)cc2CC12CCN(C(=O)OCc1ccccc1)CC2. The summed E-state index contributed by atoms with van der Waals surface area (Å²) in [5.41, 5.74) is 4.19. The lowest BCUT2D eigenvalue weighted by atomic mass is 9.53. The zero-order chi connectivity index (χ0) is 44.0. The minimum atomic E-state index is -0.517. The van der Waals surface area contributed by atoms with Gasteiger partial charge in [-0.1, -0.05) is 81.4 Å². The van der Waals surface area contributed by atoms with Crippen LogP contribution in [0.5, 0.6) is 0 Å². The molecule has 0 N–H and O–H groups in total. The second-order valence-electron chi connectivity index (χ2n) is 20.3. The lowest BCUT2D eigenvalue weighted by Crippen LogP contribution is -2.55. The molecule has 8 rings (SSSR count). The van der Waals surface area contributed by atoms with Gasteiger partial charge in [-0.2, -0.15) is 10.2 Å². The number of Topliss-reactive ketones (excluding diaryl/α,β-unsaturated/α-hetero) is 2. The van der Waals surface area contributed by atoms with E-state index in [1.807, 2.05) is 89.3 Å². The van der Waals surface area contributed by atoms with E-state index in [4.69, 9.17) is 9.47 Å². The van der Waals surface area contributed by atoms with Gasteiger partial charge in [0, 0.05) is 61.0 Å². The number of fused-ring (bicyclic) bond motifs is 2. The molecule has 4 aliphatic rings. The first kappa shape index (κ1) is 43.8. The largest absolute Gasteiger partial charge is 0.445 e. The van der Waals surface area contributed by atoms with Crippen LogP contribution in [-0.4, -0.2) is 79.3 Å². The van der Waals surface area contributed by atoms with Crippen LogP contribution in [0.1, 0.15) is 131 Å². The maximum absolute atomic E-state index is 13.4. The molecule has 2 aromatic carbocycles. The van der Waals surface area contributed by atoms with E-state index in [2.05, 4.69) is 65.6 Å². The first-order valence-electron chi connectivity index (χ1n) is 21.9. The molecule has 2 fully saturated rings. The molecule has 61 heavy (non-hydrogen) atoms. The van der Waals surface area contributed by atoms with Crippen molar-refractivity contribution in [2.45, 2.75) is 125 Å². The fourth-order valence-corrected chi connectivity index (χ4v) is 9.59. The predicted octanol–water partition coefficient (Wildman–Crippen LogP) is 9.25. The van der Waals surface area contributed by atoms with Crippen molar-refractivity contribution in [3.63, 3.8) is 0 Å².